The monoisotopic (exact) mass is 268 g/mol. The minimum absolute atomic E-state index is 0.574. The first-order chi connectivity index (χ1) is 5.66. The van der Waals surface area contributed by atoms with Gasteiger partial charge in [-0.1, -0.05) is 45.2 Å². The summed E-state index contributed by atoms with van der Waals surface area (Å²) in [5.41, 5.74) is 0.767. The van der Waals surface area contributed by atoms with E-state index in [4.69, 9.17) is 27.9 Å². The Kier molecular flexibility index (Phi) is 3.69. The number of halogens is 3. The van der Waals surface area contributed by atoms with Crippen molar-refractivity contribution in [1.29, 1.82) is 0 Å². The lowest BCUT2D eigenvalue weighted by Crippen LogP contribution is -1.91. The Bertz CT molecular complexity index is 276. The normalized spacial score (nSPS) is 10.4. The molecule has 0 aliphatic rings. The average molecular weight is 270 g/mol. The van der Waals surface area contributed by atoms with Crippen LogP contribution >= 0.6 is 39.1 Å². The topological polar surface area (TPSA) is 9.23 Å². The Morgan fingerprint density at radius 2 is 2.08 bits per heavy atom. The molecule has 12 heavy (non-hydrogen) atoms. The fraction of sp³-hybridized carbons (Fsp3) is 0.250. The molecule has 66 valence electrons. The first kappa shape index (κ1) is 10.2. The van der Waals surface area contributed by atoms with Gasteiger partial charge in [-0.2, -0.15) is 0 Å². The van der Waals surface area contributed by atoms with Crippen LogP contribution in [0.2, 0.25) is 0 Å². The van der Waals surface area contributed by atoms with Gasteiger partial charge in [0, 0.05) is 10.0 Å². The second-order valence-corrected chi connectivity index (χ2v) is 4.11. The minimum atomic E-state index is -0.574. The van der Waals surface area contributed by atoms with Crippen molar-refractivity contribution >= 4 is 39.1 Å². The maximum absolute atomic E-state index is 5.75. The summed E-state index contributed by atoms with van der Waals surface area (Å²) in [5, 5.41) is 0. The molecule has 0 radical (unpaired) electrons. The highest BCUT2D eigenvalue weighted by Gasteiger charge is 2.13. The van der Waals surface area contributed by atoms with Crippen molar-refractivity contribution in [2.45, 2.75) is 4.84 Å². The van der Waals surface area contributed by atoms with Gasteiger partial charge in [-0.25, -0.2) is 0 Å². The Balaban J connectivity index is 3.20. The molecule has 0 N–H and O–H groups in total. The zero-order chi connectivity index (χ0) is 9.14. The molecule has 0 aliphatic carbocycles. The van der Waals surface area contributed by atoms with Gasteiger partial charge in [0.05, 0.1) is 7.11 Å². The Morgan fingerprint density at radius 3 is 2.50 bits per heavy atom. The third kappa shape index (κ3) is 2.06. The van der Waals surface area contributed by atoms with Crippen molar-refractivity contribution in [3.8, 4) is 5.75 Å². The summed E-state index contributed by atoms with van der Waals surface area (Å²) in [6.07, 6.45) is 0. The summed E-state index contributed by atoms with van der Waals surface area (Å²) in [5.74, 6) is 0.694. The van der Waals surface area contributed by atoms with E-state index in [0.717, 1.165) is 10.0 Å². The summed E-state index contributed by atoms with van der Waals surface area (Å²) >= 11 is 14.8. The summed E-state index contributed by atoms with van der Waals surface area (Å²) in [6.45, 7) is 0. The summed E-state index contributed by atoms with van der Waals surface area (Å²) < 4.78 is 5.95. The number of hydrogen-bond donors (Lipinski definition) is 0. The predicted octanol–water partition coefficient (Wildman–Crippen LogP) is 3.93. The fourth-order valence-electron chi connectivity index (χ4n) is 0.907. The highest BCUT2D eigenvalue weighted by atomic mass is 79.9. The third-order valence-corrected chi connectivity index (χ3v) is 2.58. The quantitative estimate of drug-likeness (QED) is 0.739. The molecular formula is C8H7BrCl2O. The van der Waals surface area contributed by atoms with Crippen LogP contribution in [0.5, 0.6) is 5.75 Å². The van der Waals surface area contributed by atoms with Gasteiger partial charge in [0.25, 0.3) is 0 Å². The molecule has 0 bridgehead atoms. The first-order valence-electron chi connectivity index (χ1n) is 3.27. The summed E-state index contributed by atoms with van der Waals surface area (Å²) in [6, 6.07) is 5.55. The van der Waals surface area contributed by atoms with E-state index in [1.165, 1.54) is 0 Å². The van der Waals surface area contributed by atoms with E-state index < -0.39 is 4.84 Å². The molecule has 0 saturated carbocycles. The fourth-order valence-corrected chi connectivity index (χ4v) is 2.20. The Morgan fingerprint density at radius 1 is 1.42 bits per heavy atom. The van der Waals surface area contributed by atoms with Crippen molar-refractivity contribution in [3.05, 3.63) is 28.2 Å². The second kappa shape index (κ2) is 4.35. The van der Waals surface area contributed by atoms with Crippen LogP contribution in [-0.4, -0.2) is 7.11 Å². The molecule has 0 unspecified atom stereocenters. The van der Waals surface area contributed by atoms with Crippen LogP contribution in [0.25, 0.3) is 0 Å². The van der Waals surface area contributed by atoms with Gasteiger partial charge >= 0.3 is 0 Å². The van der Waals surface area contributed by atoms with Crippen LogP contribution in [0.15, 0.2) is 22.7 Å². The van der Waals surface area contributed by atoms with Crippen molar-refractivity contribution in [2.24, 2.45) is 0 Å². The van der Waals surface area contributed by atoms with Gasteiger partial charge in [0.2, 0.25) is 0 Å². The molecule has 0 saturated heterocycles. The molecule has 0 amide bonds. The smallest absolute Gasteiger partial charge is 0.137 e. The van der Waals surface area contributed by atoms with E-state index in [1.54, 1.807) is 7.11 Å². The van der Waals surface area contributed by atoms with Crippen molar-refractivity contribution in [1.82, 2.24) is 0 Å². The van der Waals surface area contributed by atoms with E-state index in [0.29, 0.717) is 5.75 Å². The molecule has 1 aromatic carbocycles. The highest BCUT2D eigenvalue weighted by Crippen LogP contribution is 2.37. The van der Waals surface area contributed by atoms with Gasteiger partial charge < -0.3 is 4.74 Å². The number of benzene rings is 1. The molecule has 0 heterocycles. The molecule has 0 fully saturated rings. The van der Waals surface area contributed by atoms with Gasteiger partial charge in [-0.3, -0.25) is 0 Å². The Labute approximate surface area is 89.7 Å². The molecule has 0 spiro atoms. The van der Waals surface area contributed by atoms with E-state index >= 15 is 0 Å². The maximum Gasteiger partial charge on any atom is 0.137 e. The summed E-state index contributed by atoms with van der Waals surface area (Å²) in [4.78, 5) is -0.574. The van der Waals surface area contributed by atoms with E-state index in [2.05, 4.69) is 15.9 Å². The SMILES string of the molecule is COc1cccc(Br)c1C(Cl)Cl. The van der Waals surface area contributed by atoms with Gasteiger partial charge in [-0.05, 0) is 12.1 Å². The third-order valence-electron chi connectivity index (χ3n) is 1.45. The lowest BCUT2D eigenvalue weighted by molar-refractivity contribution is 0.410. The standard InChI is InChI=1S/C8H7BrCl2O/c1-12-6-4-2-3-5(9)7(6)8(10)11/h2-4,8H,1H3. The minimum Gasteiger partial charge on any atom is -0.496 e. The van der Waals surface area contributed by atoms with Crippen LogP contribution in [-0.2, 0) is 0 Å². The lowest BCUT2D eigenvalue weighted by Gasteiger charge is -2.10. The molecule has 0 aromatic heterocycles. The van der Waals surface area contributed by atoms with Crippen LogP contribution < -0.4 is 4.74 Å². The number of ether oxygens (including phenoxy) is 1. The van der Waals surface area contributed by atoms with Gasteiger partial charge in [0.15, 0.2) is 0 Å². The number of methoxy groups -OCH3 is 1. The second-order valence-electron chi connectivity index (χ2n) is 2.16. The zero-order valence-corrected chi connectivity index (χ0v) is 9.45. The van der Waals surface area contributed by atoms with E-state index in [9.17, 15) is 0 Å². The van der Waals surface area contributed by atoms with E-state index in [-0.39, 0.29) is 0 Å². The largest absolute Gasteiger partial charge is 0.496 e. The van der Waals surface area contributed by atoms with Crippen LogP contribution in [0.4, 0.5) is 0 Å². The number of hydrogen-bond acceptors (Lipinski definition) is 1. The van der Waals surface area contributed by atoms with Crippen molar-refractivity contribution in [3.63, 3.8) is 0 Å². The van der Waals surface area contributed by atoms with Crippen LogP contribution in [0.3, 0.4) is 0 Å². The number of rotatable bonds is 2. The number of alkyl halides is 2. The summed E-state index contributed by atoms with van der Waals surface area (Å²) in [7, 11) is 1.58. The molecule has 1 nitrogen and oxygen atoms in total. The Hall–Kier alpha value is 0.0800. The predicted molar refractivity (Wildman–Crippen MR) is 55.1 cm³/mol. The lowest BCUT2D eigenvalue weighted by atomic mass is 10.2. The van der Waals surface area contributed by atoms with Crippen LogP contribution in [0.1, 0.15) is 10.4 Å². The zero-order valence-electron chi connectivity index (χ0n) is 6.35. The molecule has 1 aromatic rings. The first-order valence-corrected chi connectivity index (χ1v) is 4.94. The molecule has 0 aliphatic heterocycles. The molecule has 0 atom stereocenters. The molecule has 4 heteroatoms. The van der Waals surface area contributed by atoms with E-state index in [1.807, 2.05) is 18.2 Å². The van der Waals surface area contributed by atoms with Gasteiger partial charge in [-0.15, -0.1) is 0 Å². The van der Waals surface area contributed by atoms with Gasteiger partial charge in [0.1, 0.15) is 10.6 Å². The highest BCUT2D eigenvalue weighted by molar-refractivity contribution is 9.10. The van der Waals surface area contributed by atoms with Crippen molar-refractivity contribution < 1.29 is 4.74 Å². The molecular weight excluding hydrogens is 263 g/mol. The van der Waals surface area contributed by atoms with Crippen molar-refractivity contribution in [2.75, 3.05) is 7.11 Å². The van der Waals surface area contributed by atoms with Crippen LogP contribution in [0, 0.1) is 0 Å². The molecule has 1 rings (SSSR count). The maximum atomic E-state index is 5.75. The average Bonchev–Trinajstić information content (AvgIpc) is 2.03.